The average Bonchev–Trinajstić information content (AvgIpc) is 3.08. The second-order valence-electron chi connectivity index (χ2n) is 13.7. The maximum absolute atomic E-state index is 14.2. The van der Waals surface area contributed by atoms with E-state index >= 15 is 0 Å². The van der Waals surface area contributed by atoms with E-state index in [-0.39, 0.29) is 48.9 Å². The largest absolute Gasteiger partial charge is 0.461 e. The van der Waals surface area contributed by atoms with Crippen molar-refractivity contribution in [3.63, 3.8) is 0 Å². The van der Waals surface area contributed by atoms with Gasteiger partial charge in [-0.05, 0) is 73.8 Å². The van der Waals surface area contributed by atoms with E-state index in [1.807, 2.05) is 18.2 Å². The second-order valence-corrected chi connectivity index (χ2v) is 13.7. The Morgan fingerprint density at radius 1 is 0.927 bits per heavy atom. The molecular formula is C34H51N3O4. The maximum atomic E-state index is 14.2. The lowest BCUT2D eigenvalue weighted by Crippen LogP contribution is -2.53. The molecule has 2 amide bonds. The van der Waals surface area contributed by atoms with Crippen LogP contribution in [0.1, 0.15) is 116 Å². The molecule has 5 rings (SSSR count). The van der Waals surface area contributed by atoms with Crippen molar-refractivity contribution in [1.29, 1.82) is 0 Å². The predicted molar refractivity (Wildman–Crippen MR) is 161 cm³/mol. The van der Waals surface area contributed by atoms with Crippen molar-refractivity contribution in [3.05, 3.63) is 29.8 Å². The van der Waals surface area contributed by atoms with Gasteiger partial charge in [0.15, 0.2) is 5.78 Å². The Hall–Kier alpha value is -2.41. The van der Waals surface area contributed by atoms with Crippen molar-refractivity contribution in [2.45, 2.75) is 116 Å². The standard InChI is InChI=1S/C34H51N3O4/c1-23(2)27-19-18-24(3)20-31(27)41-32(39)22-37-34(40)36(21-30(38)25-12-6-4-7-13-25)29-17-11-10-16-28(29)33(35-37)26-14-8-5-9-15-26/h10-11,16-17,23-27,31,33,35H,4-9,12-15,18-22H2,1-3H3/t24?,27?,31?,33-/m0/s1. The van der Waals surface area contributed by atoms with Crippen molar-refractivity contribution in [2.75, 3.05) is 18.0 Å². The first-order valence-electron chi connectivity index (χ1n) is 16.5. The number of anilines is 1. The molecule has 0 radical (unpaired) electrons. The summed E-state index contributed by atoms with van der Waals surface area (Å²) in [6, 6.07) is 7.58. The van der Waals surface area contributed by atoms with Gasteiger partial charge in [-0.15, -0.1) is 0 Å². The molecule has 0 spiro atoms. The number of ether oxygens (including phenoxy) is 1. The van der Waals surface area contributed by atoms with Gasteiger partial charge in [0.05, 0.1) is 18.3 Å². The van der Waals surface area contributed by atoms with Crippen LogP contribution in [0.3, 0.4) is 0 Å². The van der Waals surface area contributed by atoms with Gasteiger partial charge in [-0.1, -0.05) is 83.9 Å². The molecule has 226 valence electrons. The summed E-state index contributed by atoms with van der Waals surface area (Å²) in [4.78, 5) is 42.9. The lowest BCUT2D eigenvalue weighted by molar-refractivity contribution is -0.157. The molecule has 7 nitrogen and oxygen atoms in total. The molecule has 4 atom stereocenters. The zero-order chi connectivity index (χ0) is 28.9. The first kappa shape index (κ1) is 30.1. The van der Waals surface area contributed by atoms with E-state index in [2.05, 4.69) is 32.3 Å². The highest BCUT2D eigenvalue weighted by Crippen LogP contribution is 2.41. The van der Waals surface area contributed by atoms with E-state index in [0.29, 0.717) is 23.7 Å². The van der Waals surface area contributed by atoms with Crippen LogP contribution in [-0.2, 0) is 14.3 Å². The number of para-hydroxylation sites is 1. The summed E-state index contributed by atoms with van der Waals surface area (Å²) in [5, 5.41) is 1.46. The fourth-order valence-electron chi connectivity index (χ4n) is 7.93. The van der Waals surface area contributed by atoms with Gasteiger partial charge in [0, 0.05) is 5.92 Å². The number of esters is 1. The quantitative estimate of drug-likeness (QED) is 0.337. The molecule has 3 saturated carbocycles. The minimum Gasteiger partial charge on any atom is -0.461 e. The number of fused-ring (bicyclic) bond motifs is 1. The Kier molecular flexibility index (Phi) is 10.1. The Morgan fingerprint density at radius 3 is 2.32 bits per heavy atom. The van der Waals surface area contributed by atoms with Crippen molar-refractivity contribution >= 4 is 23.5 Å². The minimum atomic E-state index is -0.373. The van der Waals surface area contributed by atoms with E-state index in [4.69, 9.17) is 4.74 Å². The summed E-state index contributed by atoms with van der Waals surface area (Å²) < 4.78 is 6.14. The molecule has 1 aromatic carbocycles. The summed E-state index contributed by atoms with van der Waals surface area (Å²) in [7, 11) is 0. The van der Waals surface area contributed by atoms with Crippen LogP contribution in [-0.4, -0.2) is 42.0 Å². The van der Waals surface area contributed by atoms with Gasteiger partial charge in [-0.2, -0.15) is 0 Å². The van der Waals surface area contributed by atoms with E-state index in [1.54, 1.807) is 4.90 Å². The number of nitrogens with one attached hydrogen (secondary N) is 1. The Morgan fingerprint density at radius 2 is 1.61 bits per heavy atom. The summed E-state index contributed by atoms with van der Waals surface area (Å²) in [5.74, 6) is 1.41. The number of hydrogen-bond donors (Lipinski definition) is 1. The van der Waals surface area contributed by atoms with Gasteiger partial charge in [0.2, 0.25) is 0 Å². The first-order chi connectivity index (χ1) is 19.8. The number of nitrogens with zero attached hydrogens (tertiary/aromatic N) is 2. The zero-order valence-corrected chi connectivity index (χ0v) is 25.5. The fraction of sp³-hybridized carbons (Fsp3) is 0.735. The first-order valence-corrected chi connectivity index (χ1v) is 16.5. The third-order valence-corrected chi connectivity index (χ3v) is 10.3. The Labute approximate surface area is 246 Å². The lowest BCUT2D eigenvalue weighted by Gasteiger charge is -2.37. The lowest BCUT2D eigenvalue weighted by atomic mass is 9.75. The number of hydrazine groups is 1. The molecule has 7 heteroatoms. The van der Waals surface area contributed by atoms with Gasteiger partial charge in [-0.25, -0.2) is 15.2 Å². The monoisotopic (exact) mass is 565 g/mol. The number of benzene rings is 1. The van der Waals surface area contributed by atoms with E-state index in [1.165, 1.54) is 30.7 Å². The van der Waals surface area contributed by atoms with Gasteiger partial charge in [0.1, 0.15) is 12.6 Å². The third kappa shape index (κ3) is 7.15. The number of carbonyl (C=O) groups excluding carboxylic acids is 3. The van der Waals surface area contributed by atoms with Crippen LogP contribution in [0.5, 0.6) is 0 Å². The van der Waals surface area contributed by atoms with Crippen LogP contribution in [0.15, 0.2) is 24.3 Å². The van der Waals surface area contributed by atoms with Crippen LogP contribution >= 0.6 is 0 Å². The molecule has 3 aliphatic carbocycles. The molecular weight excluding hydrogens is 514 g/mol. The van der Waals surface area contributed by atoms with Gasteiger partial charge < -0.3 is 4.74 Å². The Balaban J connectivity index is 1.40. The van der Waals surface area contributed by atoms with Crippen LogP contribution in [0.2, 0.25) is 0 Å². The predicted octanol–water partition coefficient (Wildman–Crippen LogP) is 7.21. The number of carbonyl (C=O) groups is 3. The normalized spacial score (nSPS) is 28.3. The van der Waals surface area contributed by atoms with Gasteiger partial charge >= 0.3 is 12.0 Å². The van der Waals surface area contributed by atoms with Gasteiger partial charge in [-0.3, -0.25) is 14.5 Å². The summed E-state index contributed by atoms with van der Waals surface area (Å²) in [6.45, 7) is 6.51. The Bertz CT molecular complexity index is 1060. The van der Waals surface area contributed by atoms with E-state index in [0.717, 1.165) is 69.0 Å². The summed E-state index contributed by atoms with van der Waals surface area (Å²) in [6.07, 6.45) is 13.8. The highest BCUT2D eigenvalue weighted by Gasteiger charge is 2.40. The van der Waals surface area contributed by atoms with E-state index < -0.39 is 0 Å². The van der Waals surface area contributed by atoms with Crippen LogP contribution in [0.25, 0.3) is 0 Å². The highest BCUT2D eigenvalue weighted by atomic mass is 16.5. The van der Waals surface area contributed by atoms with Crippen LogP contribution in [0, 0.1) is 29.6 Å². The molecule has 0 saturated heterocycles. The van der Waals surface area contributed by atoms with Crippen molar-refractivity contribution in [3.8, 4) is 0 Å². The molecule has 1 aliphatic heterocycles. The molecule has 0 bridgehead atoms. The zero-order valence-electron chi connectivity index (χ0n) is 25.5. The summed E-state index contributed by atoms with van der Waals surface area (Å²) >= 11 is 0. The number of hydrogen-bond acceptors (Lipinski definition) is 5. The van der Waals surface area contributed by atoms with E-state index in [9.17, 15) is 14.4 Å². The summed E-state index contributed by atoms with van der Waals surface area (Å²) in [5.41, 5.74) is 5.35. The molecule has 1 N–H and O–H groups in total. The van der Waals surface area contributed by atoms with Crippen molar-refractivity contribution in [1.82, 2.24) is 10.4 Å². The molecule has 3 unspecified atom stereocenters. The smallest absolute Gasteiger partial charge is 0.339 e. The molecule has 3 fully saturated rings. The fourth-order valence-corrected chi connectivity index (χ4v) is 7.93. The number of Topliss-reactive ketones (excluding diaryl/α,β-unsaturated/α-hetero) is 1. The minimum absolute atomic E-state index is 0.00809. The SMILES string of the molecule is CC1CCC(C(C)C)C(OC(=O)CN2N[C@@H](C3CCCCC3)c3ccccc3N(CC(=O)C3CCCCC3)C2=O)C1. The molecule has 0 aromatic heterocycles. The molecule has 1 heterocycles. The van der Waals surface area contributed by atoms with Crippen molar-refractivity contribution in [2.24, 2.45) is 29.6 Å². The number of urea groups is 1. The van der Waals surface area contributed by atoms with Crippen LogP contribution < -0.4 is 10.3 Å². The number of rotatable bonds is 8. The third-order valence-electron chi connectivity index (χ3n) is 10.3. The molecule has 41 heavy (non-hydrogen) atoms. The maximum Gasteiger partial charge on any atom is 0.339 e. The highest BCUT2D eigenvalue weighted by molar-refractivity contribution is 6.00. The number of ketones is 1. The molecule has 4 aliphatic rings. The average molecular weight is 566 g/mol. The molecule has 1 aromatic rings. The second kappa shape index (κ2) is 13.7. The topological polar surface area (TPSA) is 79.0 Å². The van der Waals surface area contributed by atoms with Crippen LogP contribution in [0.4, 0.5) is 10.5 Å². The van der Waals surface area contributed by atoms with Gasteiger partial charge in [0.25, 0.3) is 0 Å². The van der Waals surface area contributed by atoms with Crippen molar-refractivity contribution < 1.29 is 19.1 Å². The number of amides is 2.